The predicted octanol–water partition coefficient (Wildman–Crippen LogP) is 18.7. The van der Waals surface area contributed by atoms with Gasteiger partial charge in [-0.25, -0.2) is 0 Å². The largest absolute Gasteiger partial charge is 0.466 e. The lowest BCUT2D eigenvalue weighted by Crippen LogP contribution is -2.45. The van der Waals surface area contributed by atoms with E-state index in [1.807, 2.05) is 0 Å². The fourth-order valence-corrected chi connectivity index (χ4v) is 9.76. The minimum absolute atomic E-state index is 0.0127. The van der Waals surface area contributed by atoms with Crippen LogP contribution in [0.3, 0.4) is 0 Å². The Morgan fingerprint density at radius 1 is 0.364 bits per heavy atom. The lowest BCUT2D eigenvalue weighted by atomic mass is 10.0. The Morgan fingerprint density at radius 3 is 0.924 bits per heavy atom. The van der Waals surface area contributed by atoms with Crippen LogP contribution in [0.15, 0.2) is 0 Å². The molecule has 2 unspecified atom stereocenters. The monoisotopic (exact) mass is 934 g/mol. The van der Waals surface area contributed by atoms with E-state index in [1.54, 1.807) is 0 Å². The fraction of sp³-hybridized carbons (Fsp3) is 0.967. The number of hydrogen-bond donors (Lipinski definition) is 3. The Hall–Kier alpha value is -1.14. The lowest BCUT2D eigenvalue weighted by Gasteiger charge is -2.22. The molecule has 0 saturated carbocycles. The van der Waals surface area contributed by atoms with Crippen molar-refractivity contribution in [1.82, 2.24) is 5.32 Å². The first-order chi connectivity index (χ1) is 32.5. The average molecular weight is 935 g/mol. The smallest absolute Gasteiger partial charge is 0.305 e. The summed E-state index contributed by atoms with van der Waals surface area (Å²) in [5, 5.41) is 23.3. The Morgan fingerprint density at radius 2 is 0.621 bits per heavy atom. The van der Waals surface area contributed by atoms with Crippen LogP contribution in [0.4, 0.5) is 0 Å². The molecule has 3 N–H and O–H groups in total. The number of rotatable bonds is 57. The van der Waals surface area contributed by atoms with Gasteiger partial charge in [0.1, 0.15) is 0 Å². The zero-order valence-electron chi connectivity index (χ0n) is 45.0. The first kappa shape index (κ1) is 64.9. The molecular weight excluding hydrogens is 815 g/mol. The van der Waals surface area contributed by atoms with Crippen LogP contribution in [0.2, 0.25) is 0 Å². The molecule has 66 heavy (non-hydrogen) atoms. The zero-order chi connectivity index (χ0) is 47.9. The lowest BCUT2D eigenvalue weighted by molar-refractivity contribution is -0.143. The maximum absolute atomic E-state index is 12.5. The molecule has 0 spiro atoms. The number of esters is 1. The van der Waals surface area contributed by atoms with E-state index in [9.17, 15) is 19.8 Å². The summed E-state index contributed by atoms with van der Waals surface area (Å²) in [6.45, 7) is 4.98. The SMILES string of the molecule is CCCCCCCCCCCCCCCCCCCC(O)C(CO)NC(=O)CCCCCCCCCCCCCCCCCCCCCCCOC(=O)CCCCCCCCCCCCC. The van der Waals surface area contributed by atoms with Gasteiger partial charge in [0, 0.05) is 12.8 Å². The highest BCUT2D eigenvalue weighted by atomic mass is 16.5. The van der Waals surface area contributed by atoms with Gasteiger partial charge in [-0.2, -0.15) is 0 Å². The first-order valence-corrected chi connectivity index (χ1v) is 30.3. The zero-order valence-corrected chi connectivity index (χ0v) is 45.0. The molecule has 2 atom stereocenters. The molecule has 0 aliphatic heterocycles. The van der Waals surface area contributed by atoms with Crippen molar-refractivity contribution in [2.24, 2.45) is 0 Å². The van der Waals surface area contributed by atoms with Crippen LogP contribution < -0.4 is 5.32 Å². The van der Waals surface area contributed by atoms with Crippen molar-refractivity contribution in [2.75, 3.05) is 13.2 Å². The van der Waals surface area contributed by atoms with Gasteiger partial charge in [0.2, 0.25) is 5.91 Å². The number of aliphatic hydroxyl groups is 2. The second-order valence-electron chi connectivity index (χ2n) is 21.1. The standard InChI is InChI=1S/C60H119NO5/c1-3-5-7-9-11-13-15-16-17-23-26-29-33-36-40-44-48-52-58(63)57(56-62)61-59(64)53-49-45-41-37-34-30-27-24-21-19-18-20-22-25-28-31-35-39-43-47-51-55-66-60(65)54-50-46-42-38-32-14-12-10-8-6-4-2/h57-58,62-63H,3-56H2,1-2H3,(H,61,64). The van der Waals surface area contributed by atoms with Crippen LogP contribution in [0.25, 0.3) is 0 Å². The van der Waals surface area contributed by atoms with Gasteiger partial charge in [-0.3, -0.25) is 9.59 Å². The van der Waals surface area contributed by atoms with Gasteiger partial charge in [-0.1, -0.05) is 309 Å². The van der Waals surface area contributed by atoms with Crippen molar-refractivity contribution in [3.8, 4) is 0 Å². The van der Waals surface area contributed by atoms with E-state index in [2.05, 4.69) is 19.2 Å². The summed E-state index contributed by atoms with van der Waals surface area (Å²) in [6.07, 6.45) is 65.3. The molecule has 0 aromatic rings. The molecule has 0 rings (SSSR count). The summed E-state index contributed by atoms with van der Waals surface area (Å²) in [5.41, 5.74) is 0. The summed E-state index contributed by atoms with van der Waals surface area (Å²) < 4.78 is 5.47. The number of amides is 1. The van der Waals surface area contributed by atoms with E-state index < -0.39 is 12.1 Å². The van der Waals surface area contributed by atoms with Crippen LogP contribution in [0, 0.1) is 0 Å². The van der Waals surface area contributed by atoms with E-state index in [4.69, 9.17) is 4.74 Å². The molecule has 394 valence electrons. The number of carbonyl (C=O) groups is 2. The number of ether oxygens (including phenoxy) is 1. The molecule has 0 heterocycles. The minimum Gasteiger partial charge on any atom is -0.466 e. The summed E-state index contributed by atoms with van der Waals surface area (Å²) in [4.78, 5) is 24.5. The van der Waals surface area contributed by atoms with Gasteiger partial charge in [0.15, 0.2) is 0 Å². The van der Waals surface area contributed by atoms with Gasteiger partial charge < -0.3 is 20.3 Å². The molecule has 0 radical (unpaired) electrons. The van der Waals surface area contributed by atoms with Gasteiger partial charge in [0.05, 0.1) is 25.4 Å². The van der Waals surface area contributed by atoms with Gasteiger partial charge >= 0.3 is 5.97 Å². The van der Waals surface area contributed by atoms with Crippen molar-refractivity contribution in [3.05, 3.63) is 0 Å². The van der Waals surface area contributed by atoms with E-state index in [0.717, 1.165) is 38.5 Å². The van der Waals surface area contributed by atoms with Gasteiger partial charge in [-0.05, 0) is 25.7 Å². The minimum atomic E-state index is -0.664. The predicted molar refractivity (Wildman–Crippen MR) is 287 cm³/mol. The molecule has 0 fully saturated rings. The Bertz CT molecular complexity index is 944. The number of carbonyl (C=O) groups excluding carboxylic acids is 2. The Kier molecular flexibility index (Phi) is 55.5. The molecule has 6 nitrogen and oxygen atoms in total. The third-order valence-electron chi connectivity index (χ3n) is 14.4. The van der Waals surface area contributed by atoms with Crippen LogP contribution in [-0.4, -0.2) is 47.4 Å². The number of nitrogens with one attached hydrogen (secondary N) is 1. The van der Waals surface area contributed by atoms with Crippen molar-refractivity contribution >= 4 is 11.9 Å². The fourth-order valence-electron chi connectivity index (χ4n) is 9.76. The van der Waals surface area contributed by atoms with Crippen LogP contribution in [0.5, 0.6) is 0 Å². The van der Waals surface area contributed by atoms with Crippen molar-refractivity contribution in [3.63, 3.8) is 0 Å². The summed E-state index contributed by atoms with van der Waals surface area (Å²) in [5.74, 6) is -0.0197. The number of aliphatic hydroxyl groups excluding tert-OH is 2. The first-order valence-electron chi connectivity index (χ1n) is 30.3. The molecule has 0 aliphatic carbocycles. The van der Waals surface area contributed by atoms with Gasteiger partial charge in [-0.15, -0.1) is 0 Å². The summed E-state index contributed by atoms with van der Waals surface area (Å²) >= 11 is 0. The highest BCUT2D eigenvalue weighted by molar-refractivity contribution is 5.76. The van der Waals surface area contributed by atoms with Gasteiger partial charge in [0.25, 0.3) is 0 Å². The average Bonchev–Trinajstić information content (AvgIpc) is 3.32. The number of hydrogen-bond acceptors (Lipinski definition) is 5. The molecular formula is C60H119NO5. The number of unbranched alkanes of at least 4 members (excludes halogenated alkanes) is 46. The van der Waals surface area contributed by atoms with Crippen molar-refractivity contribution in [1.29, 1.82) is 0 Å². The van der Waals surface area contributed by atoms with Crippen molar-refractivity contribution < 1.29 is 24.5 Å². The van der Waals surface area contributed by atoms with E-state index >= 15 is 0 Å². The highest BCUT2D eigenvalue weighted by Gasteiger charge is 2.20. The second-order valence-corrected chi connectivity index (χ2v) is 21.1. The second kappa shape index (κ2) is 56.4. The normalized spacial score (nSPS) is 12.5. The molecule has 1 amide bonds. The molecule has 6 heteroatoms. The third kappa shape index (κ3) is 52.2. The van der Waals surface area contributed by atoms with E-state index in [0.29, 0.717) is 25.9 Å². The van der Waals surface area contributed by atoms with E-state index in [1.165, 1.54) is 276 Å². The highest BCUT2D eigenvalue weighted by Crippen LogP contribution is 2.18. The van der Waals surface area contributed by atoms with Crippen LogP contribution in [-0.2, 0) is 14.3 Å². The van der Waals surface area contributed by atoms with Crippen LogP contribution in [0.1, 0.15) is 348 Å². The molecule has 0 aromatic carbocycles. The topological polar surface area (TPSA) is 95.9 Å². The Labute approximate surface area is 413 Å². The quantitative estimate of drug-likeness (QED) is 0.0417. The van der Waals surface area contributed by atoms with E-state index in [-0.39, 0.29) is 18.5 Å². The molecule has 0 aromatic heterocycles. The maximum atomic E-state index is 12.5. The Balaban J connectivity index is 3.38. The molecule has 0 aliphatic rings. The molecule has 0 bridgehead atoms. The van der Waals surface area contributed by atoms with Crippen LogP contribution >= 0.6 is 0 Å². The molecule has 0 saturated heterocycles. The van der Waals surface area contributed by atoms with Crippen molar-refractivity contribution in [2.45, 2.75) is 360 Å². The maximum Gasteiger partial charge on any atom is 0.305 e. The summed E-state index contributed by atoms with van der Waals surface area (Å²) in [6, 6.07) is -0.541. The summed E-state index contributed by atoms with van der Waals surface area (Å²) in [7, 11) is 0. The third-order valence-corrected chi connectivity index (χ3v) is 14.4.